The van der Waals surface area contributed by atoms with E-state index < -0.39 is 0 Å². The lowest BCUT2D eigenvalue weighted by Crippen LogP contribution is -2.42. The zero-order valence-corrected chi connectivity index (χ0v) is 13.0. The molecule has 2 aromatic rings. The molecule has 1 aliphatic heterocycles. The molecule has 0 spiro atoms. The van der Waals surface area contributed by atoms with E-state index in [-0.39, 0.29) is 17.7 Å². The van der Waals surface area contributed by atoms with Crippen molar-refractivity contribution in [2.45, 2.75) is 26.7 Å². The topological polar surface area (TPSA) is 79.2 Å². The van der Waals surface area contributed by atoms with Gasteiger partial charge in [0.2, 0.25) is 5.91 Å². The first-order chi connectivity index (χ1) is 10.5. The van der Waals surface area contributed by atoms with Gasteiger partial charge >= 0.3 is 0 Å². The molecule has 2 heterocycles. The van der Waals surface area contributed by atoms with Crippen molar-refractivity contribution in [1.82, 2.24) is 9.88 Å². The molecule has 1 aromatic carbocycles. The predicted molar refractivity (Wildman–Crippen MR) is 85.6 cm³/mol. The monoisotopic (exact) mass is 299 g/mol. The molecular weight excluding hydrogens is 278 g/mol. The van der Waals surface area contributed by atoms with E-state index >= 15 is 0 Å². The largest absolute Gasteiger partial charge is 0.369 e. The number of nitrogens with two attached hydrogens (primary N) is 1. The highest BCUT2D eigenvalue weighted by Crippen LogP contribution is 2.25. The normalized spacial score (nSPS) is 16.2. The van der Waals surface area contributed by atoms with E-state index in [4.69, 9.17) is 5.73 Å². The fourth-order valence-electron chi connectivity index (χ4n) is 3.18. The number of aromatic amines is 1. The molecule has 22 heavy (non-hydrogen) atoms. The number of fused-ring (bicyclic) bond motifs is 1. The molecule has 0 atom stereocenters. The summed E-state index contributed by atoms with van der Waals surface area (Å²) in [6.45, 7) is 5.18. The van der Waals surface area contributed by atoms with Gasteiger partial charge in [0.1, 0.15) is 5.69 Å². The highest BCUT2D eigenvalue weighted by Gasteiger charge is 2.28. The lowest BCUT2D eigenvalue weighted by atomic mass is 9.96. The molecular formula is C17H21N3O2. The van der Waals surface area contributed by atoms with Crippen LogP contribution in [0.25, 0.3) is 10.9 Å². The molecule has 0 saturated carbocycles. The number of carbonyl (C=O) groups excluding carboxylic acids is 2. The number of hydrogen-bond acceptors (Lipinski definition) is 2. The predicted octanol–water partition coefficient (Wildman–Crippen LogP) is 2.12. The second-order valence-electron chi connectivity index (χ2n) is 6.14. The van der Waals surface area contributed by atoms with Crippen molar-refractivity contribution in [3.05, 3.63) is 35.0 Å². The second-order valence-corrected chi connectivity index (χ2v) is 6.14. The minimum Gasteiger partial charge on any atom is -0.369 e. The van der Waals surface area contributed by atoms with Gasteiger partial charge in [-0.3, -0.25) is 9.59 Å². The van der Waals surface area contributed by atoms with Crippen LogP contribution in [0.3, 0.4) is 0 Å². The van der Waals surface area contributed by atoms with E-state index in [9.17, 15) is 9.59 Å². The van der Waals surface area contributed by atoms with Crippen LogP contribution in [0.1, 0.15) is 34.5 Å². The van der Waals surface area contributed by atoms with Gasteiger partial charge in [-0.15, -0.1) is 0 Å². The molecule has 1 aromatic heterocycles. The molecule has 1 saturated heterocycles. The molecule has 1 aliphatic rings. The molecule has 0 radical (unpaired) electrons. The first kappa shape index (κ1) is 14.6. The summed E-state index contributed by atoms with van der Waals surface area (Å²) in [5, 5.41) is 1.09. The Kier molecular flexibility index (Phi) is 3.64. The minimum absolute atomic E-state index is 0.00859. The molecule has 2 amide bonds. The molecule has 3 rings (SSSR count). The number of aromatic nitrogens is 1. The number of amides is 2. The van der Waals surface area contributed by atoms with Crippen molar-refractivity contribution < 1.29 is 9.59 Å². The summed E-state index contributed by atoms with van der Waals surface area (Å²) in [6, 6.07) is 6.13. The highest BCUT2D eigenvalue weighted by molar-refractivity contribution is 6.01. The molecule has 3 N–H and O–H groups in total. The number of likely N-dealkylation sites (tertiary alicyclic amines) is 1. The van der Waals surface area contributed by atoms with Crippen molar-refractivity contribution in [2.24, 2.45) is 11.7 Å². The number of carbonyl (C=O) groups is 2. The number of benzene rings is 1. The molecule has 116 valence electrons. The van der Waals surface area contributed by atoms with Gasteiger partial charge in [0, 0.05) is 29.9 Å². The smallest absolute Gasteiger partial charge is 0.270 e. The number of hydrogen-bond donors (Lipinski definition) is 2. The van der Waals surface area contributed by atoms with Gasteiger partial charge in [0.25, 0.3) is 5.91 Å². The van der Waals surface area contributed by atoms with Gasteiger partial charge in [-0.25, -0.2) is 0 Å². The summed E-state index contributed by atoms with van der Waals surface area (Å²) in [6.07, 6.45) is 1.30. The number of aryl methyl sites for hydroxylation is 2. The van der Waals surface area contributed by atoms with E-state index in [0.29, 0.717) is 31.6 Å². The number of nitrogens with one attached hydrogen (secondary N) is 1. The molecule has 0 aliphatic carbocycles. The zero-order valence-electron chi connectivity index (χ0n) is 13.0. The summed E-state index contributed by atoms with van der Waals surface area (Å²) in [7, 11) is 0. The van der Waals surface area contributed by atoms with E-state index in [1.807, 2.05) is 30.9 Å². The van der Waals surface area contributed by atoms with Crippen molar-refractivity contribution in [3.8, 4) is 0 Å². The van der Waals surface area contributed by atoms with Crippen molar-refractivity contribution in [2.75, 3.05) is 13.1 Å². The Morgan fingerprint density at radius 1 is 1.23 bits per heavy atom. The van der Waals surface area contributed by atoms with E-state index in [1.54, 1.807) is 0 Å². The fraction of sp³-hybridized carbons (Fsp3) is 0.412. The Labute approximate surface area is 129 Å². The van der Waals surface area contributed by atoms with E-state index in [0.717, 1.165) is 16.5 Å². The maximum Gasteiger partial charge on any atom is 0.270 e. The van der Waals surface area contributed by atoms with Crippen molar-refractivity contribution >= 4 is 22.7 Å². The quantitative estimate of drug-likeness (QED) is 0.891. The molecule has 5 nitrogen and oxygen atoms in total. The maximum atomic E-state index is 12.7. The number of rotatable bonds is 2. The Balaban J connectivity index is 1.84. The standard InChI is InChI=1S/C17H21N3O2/c1-10-3-4-14-13(9-10)11(2)15(19-14)17(22)20-7-5-12(6-8-20)16(18)21/h3-4,9,12,19H,5-8H2,1-2H3,(H2,18,21). The third-order valence-electron chi connectivity index (χ3n) is 4.61. The molecule has 5 heteroatoms. The lowest BCUT2D eigenvalue weighted by Gasteiger charge is -2.30. The van der Waals surface area contributed by atoms with E-state index in [2.05, 4.69) is 11.1 Å². The van der Waals surface area contributed by atoms with Crippen LogP contribution in [-0.4, -0.2) is 34.8 Å². The average molecular weight is 299 g/mol. The van der Waals surface area contributed by atoms with Crippen LogP contribution in [0.2, 0.25) is 0 Å². The Hall–Kier alpha value is -2.30. The first-order valence-electron chi connectivity index (χ1n) is 7.65. The summed E-state index contributed by atoms with van der Waals surface area (Å²) in [4.78, 5) is 29.0. The fourth-order valence-corrected chi connectivity index (χ4v) is 3.18. The van der Waals surface area contributed by atoms with Gasteiger partial charge in [0.05, 0.1) is 0 Å². The van der Waals surface area contributed by atoms with Gasteiger partial charge in [-0.2, -0.15) is 0 Å². The summed E-state index contributed by atoms with van der Waals surface area (Å²) in [5.41, 5.74) is 9.14. The number of primary amides is 1. The zero-order chi connectivity index (χ0) is 15.9. The minimum atomic E-state index is -0.260. The molecule has 0 unspecified atom stereocenters. The van der Waals surface area contributed by atoms with Crippen LogP contribution in [0, 0.1) is 19.8 Å². The maximum absolute atomic E-state index is 12.7. The second kappa shape index (κ2) is 5.48. The Morgan fingerprint density at radius 3 is 2.55 bits per heavy atom. The van der Waals surface area contributed by atoms with Gasteiger partial charge in [0.15, 0.2) is 0 Å². The van der Waals surface area contributed by atoms with Crippen molar-refractivity contribution in [1.29, 1.82) is 0 Å². The van der Waals surface area contributed by atoms with Crippen LogP contribution in [-0.2, 0) is 4.79 Å². The Bertz CT molecular complexity index is 740. The van der Waals surface area contributed by atoms with Gasteiger partial charge in [-0.05, 0) is 44.4 Å². The number of H-pyrrole nitrogens is 1. The van der Waals surface area contributed by atoms with Crippen LogP contribution in [0.5, 0.6) is 0 Å². The van der Waals surface area contributed by atoms with Crippen molar-refractivity contribution in [3.63, 3.8) is 0 Å². The Morgan fingerprint density at radius 2 is 1.91 bits per heavy atom. The molecule has 0 bridgehead atoms. The van der Waals surface area contributed by atoms with Gasteiger partial charge < -0.3 is 15.6 Å². The van der Waals surface area contributed by atoms with Crippen LogP contribution < -0.4 is 5.73 Å². The average Bonchev–Trinajstić information content (AvgIpc) is 2.83. The van der Waals surface area contributed by atoms with Gasteiger partial charge in [-0.1, -0.05) is 11.6 Å². The third kappa shape index (κ3) is 2.47. The van der Waals surface area contributed by atoms with Crippen LogP contribution in [0.4, 0.5) is 0 Å². The molecule has 1 fully saturated rings. The SMILES string of the molecule is Cc1ccc2[nH]c(C(=O)N3CCC(C(N)=O)CC3)c(C)c2c1. The summed E-state index contributed by atoms with van der Waals surface area (Å²) in [5.74, 6) is -0.353. The highest BCUT2D eigenvalue weighted by atomic mass is 16.2. The number of piperidine rings is 1. The van der Waals surface area contributed by atoms with E-state index in [1.165, 1.54) is 5.56 Å². The summed E-state index contributed by atoms with van der Waals surface area (Å²) >= 11 is 0. The lowest BCUT2D eigenvalue weighted by molar-refractivity contribution is -0.123. The first-order valence-corrected chi connectivity index (χ1v) is 7.65. The number of nitrogens with zero attached hydrogens (tertiary/aromatic N) is 1. The van der Waals surface area contributed by atoms with Crippen LogP contribution >= 0.6 is 0 Å². The third-order valence-corrected chi connectivity index (χ3v) is 4.61. The van der Waals surface area contributed by atoms with Crippen LogP contribution in [0.15, 0.2) is 18.2 Å². The summed E-state index contributed by atoms with van der Waals surface area (Å²) < 4.78 is 0.